The Morgan fingerprint density at radius 2 is 1.88 bits per heavy atom. The number of benzene rings is 1. The van der Waals surface area contributed by atoms with Gasteiger partial charge in [-0.2, -0.15) is 0 Å². The van der Waals surface area contributed by atoms with E-state index < -0.39 is 0 Å². The first kappa shape index (κ1) is 16.9. The predicted molar refractivity (Wildman–Crippen MR) is 93.3 cm³/mol. The van der Waals surface area contributed by atoms with Crippen LogP contribution in [0.15, 0.2) is 35.1 Å². The van der Waals surface area contributed by atoms with E-state index in [0.29, 0.717) is 18.9 Å². The molecule has 0 unspecified atom stereocenters. The molecule has 2 amide bonds. The molecule has 1 aromatic carbocycles. The summed E-state index contributed by atoms with van der Waals surface area (Å²) in [5.41, 5.74) is 0.946. The van der Waals surface area contributed by atoms with E-state index >= 15 is 0 Å². The van der Waals surface area contributed by atoms with E-state index in [1.807, 2.05) is 18.2 Å². The van der Waals surface area contributed by atoms with Crippen molar-refractivity contribution in [1.82, 2.24) is 10.1 Å². The van der Waals surface area contributed by atoms with Gasteiger partial charge in [0, 0.05) is 49.1 Å². The van der Waals surface area contributed by atoms with Gasteiger partial charge in [0.25, 0.3) is 0 Å². The topological polar surface area (TPSA) is 88.9 Å². The summed E-state index contributed by atoms with van der Waals surface area (Å²) in [7, 11) is 3.26. The van der Waals surface area contributed by atoms with Crippen molar-refractivity contribution in [2.24, 2.45) is 0 Å². The van der Waals surface area contributed by atoms with Crippen molar-refractivity contribution in [2.75, 3.05) is 37.9 Å². The van der Waals surface area contributed by atoms with Gasteiger partial charge in [-0.15, -0.1) is 0 Å². The lowest BCUT2D eigenvalue weighted by molar-refractivity contribution is 0.197. The summed E-state index contributed by atoms with van der Waals surface area (Å²) in [5.74, 6) is 1.91. The fraction of sp³-hybridized carbons (Fsp3) is 0.412. The summed E-state index contributed by atoms with van der Waals surface area (Å²) in [6, 6.07) is 7.45. The molecule has 2 N–H and O–H groups in total. The van der Waals surface area contributed by atoms with Crippen molar-refractivity contribution in [2.45, 2.75) is 18.9 Å². The molecule has 2 heterocycles. The third-order valence-electron chi connectivity index (χ3n) is 4.18. The van der Waals surface area contributed by atoms with Gasteiger partial charge < -0.3 is 24.2 Å². The van der Waals surface area contributed by atoms with E-state index in [2.05, 4.69) is 15.8 Å². The number of amides is 2. The van der Waals surface area contributed by atoms with E-state index in [1.54, 1.807) is 25.2 Å². The monoisotopic (exact) mass is 346 g/mol. The van der Waals surface area contributed by atoms with Crippen molar-refractivity contribution in [3.05, 3.63) is 30.5 Å². The lowest BCUT2D eigenvalue weighted by atomic mass is 10.0. The largest absolute Gasteiger partial charge is 0.497 e. The van der Waals surface area contributed by atoms with Crippen molar-refractivity contribution in [1.29, 1.82) is 0 Å². The lowest BCUT2D eigenvalue weighted by Crippen LogP contribution is -2.44. The molecule has 0 radical (unpaired) electrons. The van der Waals surface area contributed by atoms with Crippen molar-refractivity contribution in [3.63, 3.8) is 0 Å². The Labute approximate surface area is 146 Å². The first-order valence-corrected chi connectivity index (χ1v) is 8.14. The van der Waals surface area contributed by atoms with E-state index in [-0.39, 0.29) is 12.1 Å². The van der Waals surface area contributed by atoms with Gasteiger partial charge in [-0.3, -0.25) is 5.32 Å². The molecule has 0 aliphatic carbocycles. The van der Waals surface area contributed by atoms with Crippen LogP contribution in [0.2, 0.25) is 0 Å². The van der Waals surface area contributed by atoms with Crippen LogP contribution in [0.25, 0.3) is 0 Å². The Morgan fingerprint density at radius 3 is 2.44 bits per heavy atom. The number of aromatic nitrogens is 1. The molecule has 8 nitrogen and oxygen atoms in total. The van der Waals surface area contributed by atoms with E-state index in [4.69, 9.17) is 14.0 Å². The molecule has 1 aromatic heterocycles. The minimum Gasteiger partial charge on any atom is -0.497 e. The minimum absolute atomic E-state index is 0.157. The third kappa shape index (κ3) is 4.34. The molecule has 2 aromatic rings. The van der Waals surface area contributed by atoms with Gasteiger partial charge >= 0.3 is 6.03 Å². The Balaban J connectivity index is 1.53. The second kappa shape index (κ2) is 7.78. The van der Waals surface area contributed by atoms with Gasteiger partial charge in [-0.1, -0.05) is 5.16 Å². The van der Waals surface area contributed by atoms with Gasteiger partial charge in [-0.25, -0.2) is 4.79 Å². The Morgan fingerprint density at radius 1 is 1.20 bits per heavy atom. The molecule has 1 aliphatic heterocycles. The van der Waals surface area contributed by atoms with Gasteiger partial charge in [0.1, 0.15) is 17.8 Å². The van der Waals surface area contributed by atoms with Crippen LogP contribution in [0.1, 0.15) is 12.8 Å². The van der Waals surface area contributed by atoms with Gasteiger partial charge in [0.05, 0.1) is 14.2 Å². The van der Waals surface area contributed by atoms with Crippen LogP contribution in [0.4, 0.5) is 16.3 Å². The highest BCUT2D eigenvalue weighted by molar-refractivity contribution is 5.88. The smallest absolute Gasteiger partial charge is 0.323 e. The Hall–Kier alpha value is -2.90. The number of hydrogen-bond acceptors (Lipinski definition) is 6. The molecule has 25 heavy (non-hydrogen) atoms. The number of anilines is 2. The standard InChI is InChI=1S/C17H22N4O4/c1-23-14-9-13(10-15(11-14)24-2)18-12-3-6-21(7-4-12)17(22)19-16-5-8-25-20-16/h5,8-12,18H,3-4,6-7H2,1-2H3,(H,19,20,22). The third-order valence-corrected chi connectivity index (χ3v) is 4.18. The van der Waals surface area contributed by atoms with Crippen molar-refractivity contribution < 1.29 is 18.8 Å². The predicted octanol–water partition coefficient (Wildman–Crippen LogP) is 2.80. The van der Waals surface area contributed by atoms with Crippen LogP contribution in [0.5, 0.6) is 11.5 Å². The van der Waals surface area contributed by atoms with Gasteiger partial charge in [0.2, 0.25) is 0 Å². The number of likely N-dealkylation sites (tertiary alicyclic amines) is 1. The van der Waals surface area contributed by atoms with Crippen LogP contribution in [-0.2, 0) is 0 Å². The summed E-state index contributed by atoms with van der Waals surface area (Å²) >= 11 is 0. The van der Waals surface area contributed by atoms with Crippen LogP contribution in [-0.4, -0.2) is 49.4 Å². The Bertz CT molecular complexity index is 674. The second-order valence-electron chi connectivity index (χ2n) is 5.82. The summed E-state index contributed by atoms with van der Waals surface area (Å²) in [4.78, 5) is 14.0. The van der Waals surface area contributed by atoms with Crippen molar-refractivity contribution in [3.8, 4) is 11.5 Å². The van der Waals surface area contributed by atoms with E-state index in [9.17, 15) is 4.79 Å². The number of carbonyl (C=O) groups is 1. The lowest BCUT2D eigenvalue weighted by Gasteiger charge is -2.32. The molecule has 0 bridgehead atoms. The number of nitrogens with zero attached hydrogens (tertiary/aromatic N) is 2. The maximum absolute atomic E-state index is 12.2. The average Bonchev–Trinajstić information content (AvgIpc) is 3.15. The number of piperidine rings is 1. The normalized spacial score (nSPS) is 14.9. The fourth-order valence-corrected chi connectivity index (χ4v) is 2.82. The molecule has 0 saturated carbocycles. The molecule has 0 atom stereocenters. The van der Waals surface area contributed by atoms with E-state index in [1.165, 1.54) is 6.26 Å². The maximum Gasteiger partial charge on any atom is 0.323 e. The van der Waals surface area contributed by atoms with Crippen LogP contribution in [0.3, 0.4) is 0 Å². The highest BCUT2D eigenvalue weighted by atomic mass is 16.5. The molecule has 3 rings (SSSR count). The molecule has 1 saturated heterocycles. The summed E-state index contributed by atoms with van der Waals surface area (Å²) < 4.78 is 15.3. The highest BCUT2D eigenvalue weighted by Crippen LogP contribution is 2.27. The fourth-order valence-electron chi connectivity index (χ4n) is 2.82. The molecule has 1 fully saturated rings. The number of hydrogen-bond donors (Lipinski definition) is 2. The zero-order valence-electron chi connectivity index (χ0n) is 14.3. The summed E-state index contributed by atoms with van der Waals surface area (Å²) in [5, 5.41) is 9.89. The number of nitrogens with one attached hydrogen (secondary N) is 2. The molecular formula is C17H22N4O4. The zero-order chi connectivity index (χ0) is 17.6. The van der Waals surface area contributed by atoms with E-state index in [0.717, 1.165) is 30.0 Å². The van der Waals surface area contributed by atoms with Gasteiger partial charge in [-0.05, 0) is 12.8 Å². The molecular weight excluding hydrogens is 324 g/mol. The number of methoxy groups -OCH3 is 2. The number of rotatable bonds is 5. The summed E-state index contributed by atoms with van der Waals surface area (Å²) in [6.45, 7) is 1.34. The average molecular weight is 346 g/mol. The second-order valence-corrected chi connectivity index (χ2v) is 5.82. The number of ether oxygens (including phenoxy) is 2. The van der Waals surface area contributed by atoms with Crippen LogP contribution >= 0.6 is 0 Å². The first-order chi connectivity index (χ1) is 12.2. The molecule has 1 aliphatic rings. The quantitative estimate of drug-likeness (QED) is 0.865. The minimum atomic E-state index is -0.157. The molecule has 8 heteroatoms. The molecule has 134 valence electrons. The zero-order valence-corrected chi connectivity index (χ0v) is 14.3. The van der Waals surface area contributed by atoms with Crippen LogP contribution in [0, 0.1) is 0 Å². The van der Waals surface area contributed by atoms with Gasteiger partial charge in [0.15, 0.2) is 5.82 Å². The molecule has 0 spiro atoms. The van der Waals surface area contributed by atoms with Crippen molar-refractivity contribution >= 4 is 17.5 Å². The number of carbonyl (C=O) groups excluding carboxylic acids is 1. The highest BCUT2D eigenvalue weighted by Gasteiger charge is 2.23. The Kier molecular flexibility index (Phi) is 5.27. The van der Waals surface area contributed by atoms with Crippen LogP contribution < -0.4 is 20.1 Å². The number of urea groups is 1. The first-order valence-electron chi connectivity index (χ1n) is 8.14. The SMILES string of the molecule is COc1cc(NC2CCN(C(=O)Nc3ccon3)CC2)cc(OC)c1. The maximum atomic E-state index is 12.2. The summed E-state index contributed by atoms with van der Waals surface area (Å²) in [6.07, 6.45) is 3.13.